The molecule has 0 aromatic heterocycles. The molecule has 0 saturated carbocycles. The van der Waals surface area contributed by atoms with E-state index in [2.05, 4.69) is 41.2 Å². The number of hydrogen-bond donors (Lipinski definition) is 2. The molecule has 7 heteroatoms. The number of amides is 2. The van der Waals surface area contributed by atoms with Gasteiger partial charge >= 0.3 is 0 Å². The summed E-state index contributed by atoms with van der Waals surface area (Å²) >= 11 is 5.05. The van der Waals surface area contributed by atoms with Gasteiger partial charge in [-0.05, 0) is 12.2 Å². The van der Waals surface area contributed by atoms with Crippen molar-refractivity contribution in [1.82, 2.24) is 10.2 Å². The summed E-state index contributed by atoms with van der Waals surface area (Å²) in [5.74, 6) is -1.65. The second-order valence-corrected chi connectivity index (χ2v) is 7.34. The summed E-state index contributed by atoms with van der Waals surface area (Å²) in [4.78, 5) is 32.1. The van der Waals surface area contributed by atoms with Gasteiger partial charge < -0.3 is 10.2 Å². The highest BCUT2D eigenvalue weighted by Crippen LogP contribution is 2.12. The number of likely N-dealkylation sites (tertiary alicyclic amines) is 1. The topological polar surface area (TPSA) is 66.2 Å². The molecule has 2 heterocycles. The Hall–Kier alpha value is -2.38. The van der Waals surface area contributed by atoms with E-state index in [-0.39, 0.29) is 23.6 Å². The zero-order chi connectivity index (χ0) is 19.2. The maximum atomic E-state index is 12.5. The third-order valence-electron chi connectivity index (χ3n) is 5.01. The molecule has 27 heavy (non-hydrogen) atoms. The quantitative estimate of drug-likeness (QED) is 0.321. The predicted molar refractivity (Wildman–Crippen MR) is 108 cm³/mol. The summed E-state index contributed by atoms with van der Waals surface area (Å²) in [5.41, 5.74) is 1.34. The molecule has 1 aromatic carbocycles. The van der Waals surface area contributed by atoms with Crippen LogP contribution in [0.25, 0.3) is 0 Å². The van der Waals surface area contributed by atoms with Crippen LogP contribution in [0, 0.1) is 5.92 Å². The largest absolute Gasteiger partial charge is 0.331 e. The fourth-order valence-electron chi connectivity index (χ4n) is 3.49. The van der Waals surface area contributed by atoms with Gasteiger partial charge in [0.05, 0.1) is 19.1 Å². The summed E-state index contributed by atoms with van der Waals surface area (Å²) < 4.78 is 0. The highest BCUT2D eigenvalue weighted by atomic mass is 32.1. The zero-order valence-electron chi connectivity index (χ0n) is 15.3. The SMILES string of the molecule is C=CCN1C(=O)[C@@H](C=NC2CC[NH+](Cc3ccccc3)CC2)C(=O)NC1=S. The highest BCUT2D eigenvalue weighted by Gasteiger charge is 2.37. The van der Waals surface area contributed by atoms with E-state index in [4.69, 9.17) is 12.2 Å². The minimum absolute atomic E-state index is 0.132. The van der Waals surface area contributed by atoms with Crippen LogP contribution in [0.4, 0.5) is 0 Å². The fourth-order valence-corrected chi connectivity index (χ4v) is 3.76. The first-order valence-corrected chi connectivity index (χ1v) is 9.67. The van der Waals surface area contributed by atoms with E-state index in [1.807, 2.05) is 6.07 Å². The molecule has 142 valence electrons. The summed E-state index contributed by atoms with van der Waals surface area (Å²) in [6.07, 6.45) is 5.00. The van der Waals surface area contributed by atoms with E-state index in [9.17, 15) is 9.59 Å². The van der Waals surface area contributed by atoms with Crippen LogP contribution in [-0.4, -0.2) is 53.7 Å². The Morgan fingerprint density at radius 2 is 1.96 bits per heavy atom. The molecule has 0 radical (unpaired) electrons. The predicted octanol–water partition coefficient (Wildman–Crippen LogP) is 0.350. The van der Waals surface area contributed by atoms with Crippen LogP contribution >= 0.6 is 12.2 Å². The lowest BCUT2D eigenvalue weighted by atomic mass is 10.0. The number of carbonyl (C=O) groups excluding carboxylic acids is 2. The molecular formula is C20H25N4O2S+. The molecule has 1 aromatic rings. The average Bonchev–Trinajstić information content (AvgIpc) is 2.67. The number of aliphatic imine (C=N–C) groups is 1. The van der Waals surface area contributed by atoms with Gasteiger partial charge in [0, 0.05) is 31.2 Å². The van der Waals surface area contributed by atoms with E-state index in [0.29, 0.717) is 0 Å². The minimum atomic E-state index is -0.911. The Morgan fingerprint density at radius 3 is 2.63 bits per heavy atom. The lowest BCUT2D eigenvalue weighted by Gasteiger charge is -2.30. The van der Waals surface area contributed by atoms with E-state index in [1.54, 1.807) is 11.0 Å². The average molecular weight is 386 g/mol. The summed E-state index contributed by atoms with van der Waals surface area (Å²) in [5, 5.41) is 2.70. The molecule has 6 nitrogen and oxygen atoms in total. The minimum Gasteiger partial charge on any atom is -0.331 e. The van der Waals surface area contributed by atoms with E-state index < -0.39 is 11.8 Å². The van der Waals surface area contributed by atoms with Crippen LogP contribution < -0.4 is 10.2 Å². The molecule has 0 aliphatic carbocycles. The third-order valence-corrected chi connectivity index (χ3v) is 5.33. The molecule has 2 N–H and O–H groups in total. The number of nitrogens with zero attached hydrogens (tertiary/aromatic N) is 2. The maximum Gasteiger partial charge on any atom is 0.247 e. The number of quaternary nitrogens is 1. The monoisotopic (exact) mass is 385 g/mol. The number of piperidine rings is 1. The molecule has 2 aliphatic heterocycles. The van der Waals surface area contributed by atoms with Gasteiger partial charge in [0.1, 0.15) is 6.54 Å². The molecule has 3 rings (SSSR count). The van der Waals surface area contributed by atoms with Gasteiger partial charge in [0.25, 0.3) is 0 Å². The van der Waals surface area contributed by atoms with Crippen LogP contribution in [0.2, 0.25) is 0 Å². The Labute approximate surface area is 164 Å². The summed E-state index contributed by atoms with van der Waals surface area (Å²) in [6.45, 7) is 7.00. The van der Waals surface area contributed by atoms with Crippen molar-refractivity contribution in [3.8, 4) is 0 Å². The number of rotatable bonds is 6. The van der Waals surface area contributed by atoms with Gasteiger partial charge in [-0.15, -0.1) is 6.58 Å². The first kappa shape index (κ1) is 19.4. The van der Waals surface area contributed by atoms with Crippen molar-refractivity contribution < 1.29 is 14.5 Å². The third kappa shape index (κ3) is 4.87. The first-order valence-electron chi connectivity index (χ1n) is 9.26. The van der Waals surface area contributed by atoms with E-state index >= 15 is 0 Å². The van der Waals surface area contributed by atoms with Crippen molar-refractivity contribution in [3.05, 3.63) is 48.6 Å². The van der Waals surface area contributed by atoms with Crippen molar-refractivity contribution in [2.45, 2.75) is 25.4 Å². The van der Waals surface area contributed by atoms with Crippen LogP contribution in [0.3, 0.4) is 0 Å². The van der Waals surface area contributed by atoms with E-state index in [0.717, 1.165) is 32.5 Å². The molecule has 0 unspecified atom stereocenters. The number of carbonyl (C=O) groups is 2. The van der Waals surface area contributed by atoms with Crippen LogP contribution in [0.1, 0.15) is 18.4 Å². The fraction of sp³-hybridized carbons (Fsp3) is 0.400. The van der Waals surface area contributed by atoms with Crippen molar-refractivity contribution >= 4 is 35.4 Å². The molecule has 2 saturated heterocycles. The van der Waals surface area contributed by atoms with Crippen LogP contribution in [0.5, 0.6) is 0 Å². The Kier molecular flexibility index (Phi) is 6.47. The van der Waals surface area contributed by atoms with Crippen molar-refractivity contribution in [2.24, 2.45) is 10.9 Å². The summed E-state index contributed by atoms with van der Waals surface area (Å²) in [7, 11) is 0. The number of hydrogen-bond acceptors (Lipinski definition) is 4. The molecule has 1 atom stereocenters. The summed E-state index contributed by atoms with van der Waals surface area (Å²) in [6, 6.07) is 10.6. The molecule has 2 amide bonds. The number of nitrogens with one attached hydrogen (secondary N) is 2. The second kappa shape index (κ2) is 9.01. The van der Waals surface area contributed by atoms with Gasteiger partial charge in [-0.3, -0.25) is 19.5 Å². The lowest BCUT2D eigenvalue weighted by Crippen LogP contribution is -3.12. The number of benzene rings is 1. The highest BCUT2D eigenvalue weighted by molar-refractivity contribution is 7.80. The Balaban J connectivity index is 1.54. The van der Waals surface area contributed by atoms with Crippen molar-refractivity contribution in [3.63, 3.8) is 0 Å². The Morgan fingerprint density at radius 1 is 1.26 bits per heavy atom. The zero-order valence-corrected chi connectivity index (χ0v) is 16.1. The Bertz CT molecular complexity index is 742. The van der Waals surface area contributed by atoms with Gasteiger partial charge in [0.2, 0.25) is 11.8 Å². The lowest BCUT2D eigenvalue weighted by molar-refractivity contribution is -0.918. The molecule has 2 fully saturated rings. The van der Waals surface area contributed by atoms with E-state index in [1.165, 1.54) is 16.7 Å². The first-order chi connectivity index (χ1) is 13.1. The molecule has 0 spiro atoms. The maximum absolute atomic E-state index is 12.5. The van der Waals surface area contributed by atoms with Crippen LogP contribution in [-0.2, 0) is 16.1 Å². The smallest absolute Gasteiger partial charge is 0.247 e. The van der Waals surface area contributed by atoms with Gasteiger partial charge in [-0.1, -0.05) is 36.4 Å². The van der Waals surface area contributed by atoms with Gasteiger partial charge in [-0.2, -0.15) is 0 Å². The number of thiocarbonyl (C=S) groups is 1. The molecular weight excluding hydrogens is 360 g/mol. The molecule has 2 aliphatic rings. The van der Waals surface area contributed by atoms with Crippen LogP contribution in [0.15, 0.2) is 48.0 Å². The van der Waals surface area contributed by atoms with Gasteiger partial charge in [-0.25, -0.2) is 0 Å². The second-order valence-electron chi connectivity index (χ2n) is 6.95. The standard InChI is InChI=1S/C20H24N4O2S/c1-2-10-24-19(26)17(18(25)22-20(24)27)13-21-16-8-11-23(12-9-16)14-15-6-4-3-5-7-15/h2-7,13,16-17H,1,8-12,14H2,(H,22,25,27)/p+1/t17-/m0/s1. The van der Waals surface area contributed by atoms with Crippen molar-refractivity contribution in [2.75, 3.05) is 19.6 Å². The molecule has 0 bridgehead atoms. The van der Waals surface area contributed by atoms with Gasteiger partial charge in [0.15, 0.2) is 11.0 Å². The normalized spacial score (nSPS) is 26.3. The van der Waals surface area contributed by atoms with Crippen molar-refractivity contribution in [1.29, 1.82) is 0 Å².